The number of rotatable bonds is 7. The quantitative estimate of drug-likeness (QED) is 0.514. The first-order chi connectivity index (χ1) is 6.85. The molecule has 0 fully saturated rings. The van der Waals surface area contributed by atoms with Crippen LogP contribution >= 0.6 is 0 Å². The van der Waals surface area contributed by atoms with E-state index in [9.17, 15) is 13.2 Å². The first-order valence-corrected chi connectivity index (χ1v) is 4.97. The first kappa shape index (κ1) is 14.2. The van der Waals surface area contributed by atoms with Gasteiger partial charge in [0.1, 0.15) is 0 Å². The molecule has 0 bridgehead atoms. The van der Waals surface area contributed by atoms with Gasteiger partial charge in [-0.05, 0) is 25.9 Å². The topological polar surface area (TPSA) is 53.1 Å². The van der Waals surface area contributed by atoms with E-state index in [4.69, 9.17) is 11.1 Å². The Morgan fingerprint density at radius 3 is 2.33 bits per heavy atom. The summed E-state index contributed by atoms with van der Waals surface area (Å²) in [5.74, 6) is 0.0263. The summed E-state index contributed by atoms with van der Waals surface area (Å²) < 4.78 is 36.3. The smallest absolute Gasteiger partial charge is 0.388 e. The van der Waals surface area contributed by atoms with Gasteiger partial charge in [0.25, 0.3) is 0 Å². The lowest BCUT2D eigenvalue weighted by atomic mass is 10.2. The van der Waals surface area contributed by atoms with Crippen molar-refractivity contribution in [2.45, 2.75) is 32.4 Å². The van der Waals surface area contributed by atoms with Crippen LogP contribution in [0.15, 0.2) is 0 Å². The average Bonchev–Trinajstić information content (AvgIpc) is 2.00. The highest BCUT2D eigenvalue weighted by Crippen LogP contribution is 2.16. The van der Waals surface area contributed by atoms with Gasteiger partial charge in [-0.1, -0.05) is 6.92 Å². The van der Waals surface area contributed by atoms with Crippen molar-refractivity contribution in [1.29, 1.82) is 5.41 Å². The van der Waals surface area contributed by atoms with Gasteiger partial charge in [-0.2, -0.15) is 13.2 Å². The third-order valence-corrected chi connectivity index (χ3v) is 1.86. The molecule has 0 rings (SSSR count). The molecule has 0 saturated heterocycles. The lowest BCUT2D eigenvalue weighted by molar-refractivity contribution is -0.146. The molecule has 0 amide bonds. The van der Waals surface area contributed by atoms with Crippen molar-refractivity contribution in [2.24, 2.45) is 5.73 Å². The molecular formula is C9H18F3N3. The largest absolute Gasteiger partial charge is 0.401 e. The van der Waals surface area contributed by atoms with Crippen LogP contribution in [0.25, 0.3) is 0 Å². The zero-order chi connectivity index (χ0) is 11.9. The van der Waals surface area contributed by atoms with Crippen LogP contribution in [0.5, 0.6) is 0 Å². The molecule has 0 heterocycles. The molecule has 0 atom stereocenters. The minimum Gasteiger partial charge on any atom is -0.388 e. The fourth-order valence-electron chi connectivity index (χ4n) is 1.33. The highest BCUT2D eigenvalue weighted by molar-refractivity contribution is 5.76. The molecule has 0 aliphatic rings. The number of hydrogen-bond acceptors (Lipinski definition) is 2. The van der Waals surface area contributed by atoms with E-state index in [1.54, 1.807) is 0 Å². The summed E-state index contributed by atoms with van der Waals surface area (Å²) in [6.07, 6.45) is -2.59. The molecule has 0 aromatic rings. The Labute approximate surface area is 87.9 Å². The van der Waals surface area contributed by atoms with Crippen LogP contribution < -0.4 is 5.73 Å². The van der Waals surface area contributed by atoms with Crippen molar-refractivity contribution < 1.29 is 13.2 Å². The molecule has 3 nitrogen and oxygen atoms in total. The Bertz CT molecular complexity index is 192. The molecule has 15 heavy (non-hydrogen) atoms. The fraction of sp³-hybridized carbons (Fsp3) is 0.889. The van der Waals surface area contributed by atoms with E-state index < -0.39 is 12.7 Å². The normalized spacial score (nSPS) is 12.1. The van der Waals surface area contributed by atoms with Gasteiger partial charge in [0, 0.05) is 6.42 Å². The van der Waals surface area contributed by atoms with Gasteiger partial charge in [-0.15, -0.1) is 0 Å². The maximum Gasteiger partial charge on any atom is 0.401 e. The Morgan fingerprint density at radius 2 is 1.93 bits per heavy atom. The maximum absolute atomic E-state index is 12.1. The summed E-state index contributed by atoms with van der Waals surface area (Å²) in [4.78, 5) is 1.35. The highest BCUT2D eigenvalue weighted by atomic mass is 19.4. The summed E-state index contributed by atoms with van der Waals surface area (Å²) in [5, 5.41) is 6.96. The van der Waals surface area contributed by atoms with E-state index >= 15 is 0 Å². The van der Waals surface area contributed by atoms with E-state index in [1.807, 2.05) is 6.92 Å². The van der Waals surface area contributed by atoms with Crippen LogP contribution in [0.4, 0.5) is 13.2 Å². The van der Waals surface area contributed by atoms with Gasteiger partial charge in [-0.25, -0.2) is 0 Å². The number of hydrogen-bond donors (Lipinski definition) is 2. The van der Waals surface area contributed by atoms with Gasteiger partial charge in [0.05, 0.1) is 12.4 Å². The van der Waals surface area contributed by atoms with Crippen molar-refractivity contribution >= 4 is 5.84 Å². The summed E-state index contributed by atoms with van der Waals surface area (Å²) in [6.45, 7) is 1.73. The number of nitrogens with zero attached hydrogens (tertiary/aromatic N) is 1. The predicted octanol–water partition coefficient (Wildman–Crippen LogP) is 1.98. The zero-order valence-electron chi connectivity index (χ0n) is 8.90. The molecule has 0 saturated carbocycles. The molecule has 0 spiro atoms. The van der Waals surface area contributed by atoms with E-state index in [0.29, 0.717) is 32.4 Å². The molecule has 90 valence electrons. The minimum atomic E-state index is -4.15. The Kier molecular flexibility index (Phi) is 6.31. The summed E-state index contributed by atoms with van der Waals surface area (Å²) in [7, 11) is 0. The maximum atomic E-state index is 12.1. The predicted molar refractivity (Wildman–Crippen MR) is 53.9 cm³/mol. The van der Waals surface area contributed by atoms with Crippen molar-refractivity contribution in [3.05, 3.63) is 0 Å². The van der Waals surface area contributed by atoms with Crippen molar-refractivity contribution in [3.8, 4) is 0 Å². The third-order valence-electron chi connectivity index (χ3n) is 1.86. The summed E-state index contributed by atoms with van der Waals surface area (Å²) >= 11 is 0. The van der Waals surface area contributed by atoms with Crippen LogP contribution in [0.2, 0.25) is 0 Å². The highest BCUT2D eigenvalue weighted by Gasteiger charge is 2.29. The molecule has 6 heteroatoms. The SMILES string of the molecule is CCCN(CCCC(=N)N)CC(F)(F)F. The number of halogens is 3. The van der Waals surface area contributed by atoms with Crippen molar-refractivity contribution in [1.82, 2.24) is 4.90 Å². The average molecular weight is 225 g/mol. The Balaban J connectivity index is 3.88. The van der Waals surface area contributed by atoms with Gasteiger partial charge in [0.15, 0.2) is 0 Å². The van der Waals surface area contributed by atoms with E-state index in [0.717, 1.165) is 0 Å². The number of amidine groups is 1. The molecule has 0 unspecified atom stereocenters. The van der Waals surface area contributed by atoms with Crippen LogP contribution in [0.1, 0.15) is 26.2 Å². The van der Waals surface area contributed by atoms with Crippen LogP contribution in [0.3, 0.4) is 0 Å². The van der Waals surface area contributed by atoms with E-state index in [-0.39, 0.29) is 5.84 Å². The molecule has 0 aromatic heterocycles. The van der Waals surface area contributed by atoms with Gasteiger partial charge in [-0.3, -0.25) is 10.3 Å². The van der Waals surface area contributed by atoms with Gasteiger partial charge >= 0.3 is 6.18 Å². The third kappa shape index (κ3) is 9.52. The van der Waals surface area contributed by atoms with E-state index in [1.165, 1.54) is 4.90 Å². The van der Waals surface area contributed by atoms with E-state index in [2.05, 4.69) is 0 Å². The fourth-order valence-corrected chi connectivity index (χ4v) is 1.33. The second kappa shape index (κ2) is 6.66. The summed E-state index contributed by atoms with van der Waals surface area (Å²) in [5.41, 5.74) is 5.12. The second-order valence-electron chi connectivity index (χ2n) is 3.52. The molecule has 0 aliphatic heterocycles. The van der Waals surface area contributed by atoms with Gasteiger partial charge in [0.2, 0.25) is 0 Å². The minimum absolute atomic E-state index is 0.0263. The van der Waals surface area contributed by atoms with Gasteiger partial charge < -0.3 is 5.73 Å². The lowest BCUT2D eigenvalue weighted by Crippen LogP contribution is -2.35. The molecule has 3 N–H and O–H groups in total. The Hall–Kier alpha value is -0.780. The zero-order valence-corrected chi connectivity index (χ0v) is 8.90. The monoisotopic (exact) mass is 225 g/mol. The molecule has 0 aromatic carbocycles. The van der Waals surface area contributed by atoms with Crippen LogP contribution in [0, 0.1) is 5.41 Å². The lowest BCUT2D eigenvalue weighted by Gasteiger charge is -2.22. The second-order valence-corrected chi connectivity index (χ2v) is 3.52. The number of nitrogens with two attached hydrogens (primary N) is 1. The van der Waals surface area contributed by atoms with Crippen molar-refractivity contribution in [3.63, 3.8) is 0 Å². The Morgan fingerprint density at radius 1 is 1.33 bits per heavy atom. The number of nitrogens with one attached hydrogen (secondary N) is 1. The summed E-state index contributed by atoms with van der Waals surface area (Å²) in [6, 6.07) is 0. The van der Waals surface area contributed by atoms with Crippen LogP contribution in [-0.4, -0.2) is 36.5 Å². The standard InChI is InChI=1S/C9H18F3N3/c1-2-5-15(7-9(10,11)12)6-3-4-8(13)14/h2-7H2,1H3,(H3,13,14). The molecule has 0 aliphatic carbocycles. The first-order valence-electron chi connectivity index (χ1n) is 4.97. The molecular weight excluding hydrogens is 207 g/mol. The number of alkyl halides is 3. The molecule has 0 radical (unpaired) electrons. The van der Waals surface area contributed by atoms with Crippen molar-refractivity contribution in [2.75, 3.05) is 19.6 Å². The van der Waals surface area contributed by atoms with Crippen LogP contribution in [-0.2, 0) is 0 Å².